The normalized spacial score (nSPS) is 11.2. The molecule has 0 bridgehead atoms. The molecule has 0 atom stereocenters. The standard InChI is InChI=1S/C18H15F2N3O2/c1-18(19,20)16-8-7-12(9-22-16)25-17-14(10-21-11-23-17)13-5-3-4-6-15(13)24-2/h3-11H,1-2H3. The molecule has 7 heteroatoms. The van der Waals surface area contributed by atoms with Crippen LogP contribution in [0.4, 0.5) is 8.78 Å². The highest BCUT2D eigenvalue weighted by molar-refractivity contribution is 5.73. The summed E-state index contributed by atoms with van der Waals surface area (Å²) < 4.78 is 37.6. The van der Waals surface area contributed by atoms with Crippen LogP contribution < -0.4 is 9.47 Å². The smallest absolute Gasteiger partial charge is 0.286 e. The van der Waals surface area contributed by atoms with E-state index in [1.165, 1.54) is 24.7 Å². The number of alkyl halides is 2. The fourth-order valence-corrected chi connectivity index (χ4v) is 2.26. The van der Waals surface area contributed by atoms with Gasteiger partial charge in [0, 0.05) is 18.7 Å². The van der Waals surface area contributed by atoms with Crippen molar-refractivity contribution in [3.63, 3.8) is 0 Å². The molecule has 0 saturated heterocycles. The first-order valence-corrected chi connectivity index (χ1v) is 7.44. The average molecular weight is 343 g/mol. The molecule has 3 aromatic rings. The molecular formula is C18H15F2N3O2. The Bertz CT molecular complexity index is 865. The van der Waals surface area contributed by atoms with E-state index in [4.69, 9.17) is 9.47 Å². The molecule has 5 nitrogen and oxygen atoms in total. The van der Waals surface area contributed by atoms with Crippen LogP contribution in [-0.2, 0) is 5.92 Å². The van der Waals surface area contributed by atoms with Gasteiger partial charge in [-0.05, 0) is 18.2 Å². The van der Waals surface area contributed by atoms with Gasteiger partial charge >= 0.3 is 0 Å². The number of pyridine rings is 1. The average Bonchev–Trinajstić information content (AvgIpc) is 2.62. The van der Waals surface area contributed by atoms with E-state index in [0.717, 1.165) is 12.5 Å². The van der Waals surface area contributed by atoms with Crippen molar-refractivity contribution in [3.8, 4) is 28.5 Å². The van der Waals surface area contributed by atoms with Crippen LogP contribution in [0, 0.1) is 0 Å². The van der Waals surface area contributed by atoms with Gasteiger partial charge in [0.25, 0.3) is 5.92 Å². The van der Waals surface area contributed by atoms with Crippen LogP contribution in [0.1, 0.15) is 12.6 Å². The molecule has 0 unspecified atom stereocenters. The van der Waals surface area contributed by atoms with Crippen LogP contribution >= 0.6 is 0 Å². The molecule has 1 aromatic carbocycles. The Labute approximate surface area is 143 Å². The maximum absolute atomic E-state index is 13.2. The number of hydrogen-bond donors (Lipinski definition) is 0. The quantitative estimate of drug-likeness (QED) is 0.685. The summed E-state index contributed by atoms with van der Waals surface area (Å²) in [5.74, 6) is -1.79. The molecule has 0 amide bonds. The first-order chi connectivity index (χ1) is 12.0. The van der Waals surface area contributed by atoms with Crippen LogP contribution in [0.25, 0.3) is 11.1 Å². The van der Waals surface area contributed by atoms with Gasteiger partial charge in [-0.2, -0.15) is 8.78 Å². The summed E-state index contributed by atoms with van der Waals surface area (Å²) in [6.07, 6.45) is 4.18. The van der Waals surface area contributed by atoms with E-state index in [9.17, 15) is 8.78 Å². The number of hydrogen-bond acceptors (Lipinski definition) is 5. The van der Waals surface area contributed by atoms with E-state index >= 15 is 0 Å². The molecule has 2 aromatic heterocycles. The number of rotatable bonds is 5. The predicted octanol–water partition coefficient (Wildman–Crippen LogP) is 4.45. The van der Waals surface area contributed by atoms with Gasteiger partial charge in [0.1, 0.15) is 23.5 Å². The molecule has 0 aliphatic rings. The zero-order valence-corrected chi connectivity index (χ0v) is 13.6. The first kappa shape index (κ1) is 16.8. The third-order valence-electron chi connectivity index (χ3n) is 3.47. The molecule has 0 spiro atoms. The maximum Gasteiger partial charge on any atom is 0.286 e. The van der Waals surface area contributed by atoms with Crippen molar-refractivity contribution in [3.05, 3.63) is 60.8 Å². The van der Waals surface area contributed by atoms with Crippen LogP contribution in [0.2, 0.25) is 0 Å². The Morgan fingerprint density at radius 1 is 0.960 bits per heavy atom. The van der Waals surface area contributed by atoms with E-state index in [1.807, 2.05) is 24.3 Å². The molecule has 0 fully saturated rings. The third-order valence-corrected chi connectivity index (χ3v) is 3.47. The number of nitrogens with zero attached hydrogens (tertiary/aromatic N) is 3. The second-order valence-corrected chi connectivity index (χ2v) is 5.31. The lowest BCUT2D eigenvalue weighted by molar-refractivity contribution is 0.0127. The van der Waals surface area contributed by atoms with Crippen molar-refractivity contribution in [1.82, 2.24) is 15.0 Å². The zero-order valence-electron chi connectivity index (χ0n) is 13.6. The molecule has 0 radical (unpaired) electrons. The fourth-order valence-electron chi connectivity index (χ4n) is 2.26. The van der Waals surface area contributed by atoms with Crippen molar-refractivity contribution in [2.24, 2.45) is 0 Å². The highest BCUT2D eigenvalue weighted by Crippen LogP contribution is 2.36. The van der Waals surface area contributed by atoms with Crippen molar-refractivity contribution < 1.29 is 18.3 Å². The largest absolute Gasteiger partial charge is 0.496 e. The molecule has 0 saturated carbocycles. The number of benzene rings is 1. The summed E-state index contributed by atoms with van der Waals surface area (Å²) in [6.45, 7) is 0.792. The molecule has 3 rings (SSSR count). The van der Waals surface area contributed by atoms with Crippen LogP contribution in [0.15, 0.2) is 55.1 Å². The van der Waals surface area contributed by atoms with Crippen LogP contribution in [0.3, 0.4) is 0 Å². The Morgan fingerprint density at radius 3 is 2.44 bits per heavy atom. The number of halogens is 2. The summed E-state index contributed by atoms with van der Waals surface area (Å²) >= 11 is 0. The van der Waals surface area contributed by atoms with Crippen LogP contribution in [0.5, 0.6) is 17.4 Å². The highest BCUT2D eigenvalue weighted by atomic mass is 19.3. The number of para-hydroxylation sites is 1. The summed E-state index contributed by atoms with van der Waals surface area (Å²) in [4.78, 5) is 11.9. The molecular weight excluding hydrogens is 328 g/mol. The van der Waals surface area contributed by atoms with E-state index in [-0.39, 0.29) is 11.6 Å². The van der Waals surface area contributed by atoms with Gasteiger partial charge in [-0.25, -0.2) is 9.97 Å². The molecule has 0 N–H and O–H groups in total. The molecule has 25 heavy (non-hydrogen) atoms. The second-order valence-electron chi connectivity index (χ2n) is 5.31. The molecule has 2 heterocycles. The topological polar surface area (TPSA) is 57.1 Å². The van der Waals surface area contributed by atoms with Crippen molar-refractivity contribution in [2.45, 2.75) is 12.8 Å². The second kappa shape index (κ2) is 6.80. The SMILES string of the molecule is COc1ccccc1-c1cncnc1Oc1ccc(C(C)(F)F)nc1. The van der Waals surface area contributed by atoms with Gasteiger partial charge in [-0.15, -0.1) is 0 Å². The Kier molecular flexibility index (Phi) is 4.56. The van der Waals surface area contributed by atoms with E-state index in [1.54, 1.807) is 13.3 Å². The van der Waals surface area contributed by atoms with Gasteiger partial charge in [-0.3, -0.25) is 4.98 Å². The lowest BCUT2D eigenvalue weighted by atomic mass is 10.1. The van der Waals surface area contributed by atoms with E-state index in [2.05, 4.69) is 15.0 Å². The lowest BCUT2D eigenvalue weighted by Crippen LogP contribution is -2.09. The Hall–Kier alpha value is -3.09. The molecule has 128 valence electrons. The fraction of sp³-hybridized carbons (Fsp3) is 0.167. The van der Waals surface area contributed by atoms with Crippen LogP contribution in [-0.4, -0.2) is 22.1 Å². The first-order valence-electron chi connectivity index (χ1n) is 7.44. The van der Waals surface area contributed by atoms with Crippen molar-refractivity contribution in [2.75, 3.05) is 7.11 Å². The minimum Gasteiger partial charge on any atom is -0.496 e. The summed E-state index contributed by atoms with van der Waals surface area (Å²) in [5, 5.41) is 0. The van der Waals surface area contributed by atoms with Gasteiger partial charge in [0.15, 0.2) is 0 Å². The maximum atomic E-state index is 13.2. The van der Waals surface area contributed by atoms with Gasteiger partial charge in [-0.1, -0.05) is 18.2 Å². The molecule has 0 aliphatic heterocycles. The number of aromatic nitrogens is 3. The summed E-state index contributed by atoms with van der Waals surface area (Å²) in [7, 11) is 1.57. The van der Waals surface area contributed by atoms with Crippen molar-refractivity contribution >= 4 is 0 Å². The predicted molar refractivity (Wildman–Crippen MR) is 87.9 cm³/mol. The van der Waals surface area contributed by atoms with Gasteiger partial charge < -0.3 is 9.47 Å². The van der Waals surface area contributed by atoms with Gasteiger partial charge in [0.2, 0.25) is 5.88 Å². The van der Waals surface area contributed by atoms with Gasteiger partial charge in [0.05, 0.1) is 18.9 Å². The molecule has 0 aliphatic carbocycles. The minimum atomic E-state index is -3.00. The van der Waals surface area contributed by atoms with Crippen molar-refractivity contribution in [1.29, 1.82) is 0 Å². The monoisotopic (exact) mass is 343 g/mol. The third kappa shape index (κ3) is 3.71. The van der Waals surface area contributed by atoms with E-state index < -0.39 is 5.92 Å². The number of ether oxygens (including phenoxy) is 2. The minimum absolute atomic E-state index is 0.275. The number of methoxy groups -OCH3 is 1. The Balaban J connectivity index is 1.94. The van der Waals surface area contributed by atoms with E-state index in [0.29, 0.717) is 17.1 Å². The Morgan fingerprint density at radius 2 is 1.76 bits per heavy atom. The summed E-state index contributed by atoms with van der Waals surface area (Å²) in [6, 6.07) is 10.0. The lowest BCUT2D eigenvalue weighted by Gasteiger charge is -2.13. The zero-order chi connectivity index (χ0) is 17.9. The highest BCUT2D eigenvalue weighted by Gasteiger charge is 2.25. The summed E-state index contributed by atoms with van der Waals surface area (Å²) in [5.41, 5.74) is 1.04.